The predicted octanol–water partition coefficient (Wildman–Crippen LogP) is 6.02. The number of para-hydroxylation sites is 2. The van der Waals surface area contributed by atoms with E-state index in [0.717, 1.165) is 26.0 Å². The number of anilines is 2. The summed E-state index contributed by atoms with van der Waals surface area (Å²) in [4.78, 5) is 10.4. The second kappa shape index (κ2) is 5.70. The maximum absolute atomic E-state index is 6.18. The molecule has 22 heavy (non-hydrogen) atoms. The highest BCUT2D eigenvalue weighted by Gasteiger charge is 2.11. The fourth-order valence-corrected chi connectivity index (χ4v) is 4.95. The number of halogens is 1. The monoisotopic (exact) mass is 363 g/mol. The Labute approximate surface area is 144 Å². The van der Waals surface area contributed by atoms with Gasteiger partial charge in [-0.3, -0.25) is 0 Å². The van der Waals surface area contributed by atoms with Crippen LogP contribution in [0.3, 0.4) is 0 Å². The van der Waals surface area contributed by atoms with Crippen molar-refractivity contribution >= 4 is 76.7 Å². The van der Waals surface area contributed by atoms with Crippen LogP contribution < -0.4 is 5.32 Å². The van der Waals surface area contributed by atoms with Crippen molar-refractivity contribution in [3.05, 3.63) is 41.4 Å². The lowest BCUT2D eigenvalue weighted by atomic mass is 10.3. The molecule has 0 saturated heterocycles. The first kappa shape index (κ1) is 14.3. The number of hydrogen-bond acceptors (Lipinski definition) is 6. The minimum absolute atomic E-state index is 0.677. The van der Waals surface area contributed by atoms with Crippen molar-refractivity contribution in [3.8, 4) is 0 Å². The Morgan fingerprint density at radius 1 is 0.955 bits per heavy atom. The highest BCUT2D eigenvalue weighted by atomic mass is 35.5. The van der Waals surface area contributed by atoms with Crippen LogP contribution in [0, 0.1) is 0 Å². The minimum Gasteiger partial charge on any atom is -0.307 e. The van der Waals surface area contributed by atoms with Crippen LogP contribution in [0.5, 0.6) is 0 Å². The zero-order valence-corrected chi connectivity index (χ0v) is 14.7. The number of thiazole rings is 2. The molecule has 2 heterocycles. The summed E-state index contributed by atoms with van der Waals surface area (Å²) in [7, 11) is 0. The number of aromatic nitrogens is 2. The van der Waals surface area contributed by atoms with E-state index in [1.807, 2.05) is 18.2 Å². The van der Waals surface area contributed by atoms with Gasteiger partial charge in [-0.2, -0.15) is 0 Å². The molecule has 0 aliphatic heterocycles. The average molecular weight is 364 g/mol. The van der Waals surface area contributed by atoms with E-state index < -0.39 is 0 Å². The Morgan fingerprint density at radius 3 is 2.27 bits per heavy atom. The maximum atomic E-state index is 6.18. The van der Waals surface area contributed by atoms with E-state index in [-0.39, 0.29) is 0 Å². The average Bonchev–Trinajstić information content (AvgIpc) is 3.10. The van der Waals surface area contributed by atoms with Crippen LogP contribution in [-0.4, -0.2) is 16.2 Å². The molecular weight excluding hydrogens is 354 g/mol. The predicted molar refractivity (Wildman–Crippen MR) is 99.3 cm³/mol. The third-order valence-corrected chi connectivity index (χ3v) is 6.13. The third kappa shape index (κ3) is 2.46. The standard InChI is InChI=1S/C15H10ClN3S3/c1-20-9-5-3-7-11-13(9)18-15(22-11)19-14-17-12-8(16)4-2-6-10(12)21-14/h2-7H,1H3,(H,17,18,19). The SMILES string of the molecule is CSc1cccc2sc(Nc3nc4c(Cl)cccc4s3)nc12. The van der Waals surface area contributed by atoms with Crippen molar-refractivity contribution in [3.63, 3.8) is 0 Å². The molecule has 4 aromatic rings. The first-order valence-corrected chi connectivity index (χ1v) is 9.74. The molecule has 0 spiro atoms. The molecule has 110 valence electrons. The van der Waals surface area contributed by atoms with Gasteiger partial charge in [-0.1, -0.05) is 46.4 Å². The summed E-state index contributed by atoms with van der Waals surface area (Å²) in [5.41, 5.74) is 1.88. The van der Waals surface area contributed by atoms with Crippen LogP contribution in [0.25, 0.3) is 20.4 Å². The Kier molecular flexibility index (Phi) is 3.69. The summed E-state index contributed by atoms with van der Waals surface area (Å²) in [6, 6.07) is 12.1. The molecule has 0 unspecified atom stereocenters. The van der Waals surface area contributed by atoms with Gasteiger partial charge in [0.2, 0.25) is 0 Å². The van der Waals surface area contributed by atoms with Crippen molar-refractivity contribution < 1.29 is 0 Å². The van der Waals surface area contributed by atoms with Crippen LogP contribution in [0.1, 0.15) is 0 Å². The van der Waals surface area contributed by atoms with Crippen LogP contribution in [0.4, 0.5) is 10.3 Å². The molecule has 3 nitrogen and oxygen atoms in total. The molecule has 0 radical (unpaired) electrons. The molecule has 2 aromatic carbocycles. The first-order valence-electron chi connectivity index (χ1n) is 6.50. The molecule has 0 fully saturated rings. The van der Waals surface area contributed by atoms with Gasteiger partial charge in [-0.15, -0.1) is 11.8 Å². The zero-order valence-electron chi connectivity index (χ0n) is 11.5. The van der Waals surface area contributed by atoms with Gasteiger partial charge in [-0.25, -0.2) is 9.97 Å². The molecule has 0 atom stereocenters. The Balaban J connectivity index is 1.74. The third-order valence-electron chi connectivity index (χ3n) is 3.19. The van der Waals surface area contributed by atoms with Crippen molar-refractivity contribution in [2.45, 2.75) is 4.90 Å². The molecule has 2 aromatic heterocycles. The lowest BCUT2D eigenvalue weighted by Crippen LogP contribution is -1.87. The largest absolute Gasteiger partial charge is 0.307 e. The quantitative estimate of drug-likeness (QED) is 0.451. The van der Waals surface area contributed by atoms with Gasteiger partial charge in [0.15, 0.2) is 10.3 Å². The van der Waals surface area contributed by atoms with E-state index in [1.165, 1.54) is 9.60 Å². The minimum atomic E-state index is 0.677. The molecule has 0 saturated carbocycles. The fourth-order valence-electron chi connectivity index (χ4n) is 2.20. The lowest BCUT2D eigenvalue weighted by molar-refractivity contribution is 1.37. The molecule has 0 amide bonds. The van der Waals surface area contributed by atoms with Crippen molar-refractivity contribution in [1.29, 1.82) is 0 Å². The number of nitrogens with zero attached hydrogens (tertiary/aromatic N) is 2. The van der Waals surface area contributed by atoms with E-state index in [9.17, 15) is 0 Å². The highest BCUT2D eigenvalue weighted by molar-refractivity contribution is 7.98. The smallest absolute Gasteiger partial charge is 0.190 e. The summed E-state index contributed by atoms with van der Waals surface area (Å²) in [5.74, 6) is 0. The highest BCUT2D eigenvalue weighted by Crippen LogP contribution is 2.36. The molecule has 0 aliphatic rings. The normalized spacial score (nSPS) is 11.4. The zero-order chi connectivity index (χ0) is 15.1. The summed E-state index contributed by atoms with van der Waals surface area (Å²) in [5, 5.41) is 5.65. The van der Waals surface area contributed by atoms with Gasteiger partial charge in [0.05, 0.1) is 19.9 Å². The van der Waals surface area contributed by atoms with Crippen molar-refractivity contribution in [1.82, 2.24) is 9.97 Å². The molecular formula is C15H10ClN3S3. The van der Waals surface area contributed by atoms with Gasteiger partial charge in [0.1, 0.15) is 5.52 Å². The van der Waals surface area contributed by atoms with E-state index in [2.05, 4.69) is 34.8 Å². The number of nitrogens with one attached hydrogen (secondary N) is 1. The summed E-state index contributed by atoms with van der Waals surface area (Å²) >= 11 is 11.1. The molecule has 1 N–H and O–H groups in total. The number of benzene rings is 2. The number of thioether (sulfide) groups is 1. The first-order chi connectivity index (χ1) is 10.7. The van der Waals surface area contributed by atoms with Crippen LogP contribution in [0.2, 0.25) is 5.02 Å². The number of rotatable bonds is 3. The Morgan fingerprint density at radius 2 is 1.59 bits per heavy atom. The van der Waals surface area contributed by atoms with Crippen molar-refractivity contribution in [2.75, 3.05) is 11.6 Å². The van der Waals surface area contributed by atoms with Crippen molar-refractivity contribution in [2.24, 2.45) is 0 Å². The Hall–Kier alpha value is -1.34. The second-order valence-electron chi connectivity index (χ2n) is 4.56. The van der Waals surface area contributed by atoms with E-state index in [4.69, 9.17) is 16.6 Å². The van der Waals surface area contributed by atoms with Gasteiger partial charge in [0.25, 0.3) is 0 Å². The molecule has 0 aliphatic carbocycles. The lowest BCUT2D eigenvalue weighted by Gasteiger charge is -1.95. The maximum Gasteiger partial charge on any atom is 0.190 e. The second-order valence-corrected chi connectivity index (χ2v) is 7.87. The molecule has 0 bridgehead atoms. The van der Waals surface area contributed by atoms with Crippen LogP contribution in [0.15, 0.2) is 41.3 Å². The summed E-state index contributed by atoms with van der Waals surface area (Å²) < 4.78 is 2.24. The van der Waals surface area contributed by atoms with E-state index >= 15 is 0 Å². The van der Waals surface area contributed by atoms with Crippen LogP contribution in [-0.2, 0) is 0 Å². The number of fused-ring (bicyclic) bond motifs is 2. The number of hydrogen-bond donors (Lipinski definition) is 1. The fraction of sp³-hybridized carbons (Fsp3) is 0.0667. The van der Waals surface area contributed by atoms with Gasteiger partial charge in [0, 0.05) is 4.90 Å². The van der Waals surface area contributed by atoms with Gasteiger partial charge >= 0.3 is 0 Å². The van der Waals surface area contributed by atoms with E-state index in [1.54, 1.807) is 34.4 Å². The summed E-state index contributed by atoms with van der Waals surface area (Å²) in [6.07, 6.45) is 2.07. The Bertz CT molecular complexity index is 977. The van der Waals surface area contributed by atoms with Gasteiger partial charge in [-0.05, 0) is 30.5 Å². The molecule has 4 rings (SSSR count). The molecule has 7 heteroatoms. The van der Waals surface area contributed by atoms with Crippen LogP contribution >= 0.6 is 46.0 Å². The summed E-state index contributed by atoms with van der Waals surface area (Å²) in [6.45, 7) is 0. The van der Waals surface area contributed by atoms with Gasteiger partial charge < -0.3 is 5.32 Å². The topological polar surface area (TPSA) is 37.8 Å². The van der Waals surface area contributed by atoms with E-state index in [0.29, 0.717) is 5.02 Å².